The van der Waals surface area contributed by atoms with Gasteiger partial charge in [0.1, 0.15) is 6.17 Å². The Morgan fingerprint density at radius 2 is 1.77 bits per heavy atom. The first-order valence-electron chi connectivity index (χ1n) is 10.5. The van der Waals surface area contributed by atoms with Crippen molar-refractivity contribution < 1.29 is 14.7 Å². The number of Topliss-reactive ketones (excluding diaryl/α,β-unsaturated/α-hetero) is 1. The monoisotopic (exact) mass is 411 g/mol. The van der Waals surface area contributed by atoms with Crippen LogP contribution in [-0.4, -0.2) is 44.5 Å². The van der Waals surface area contributed by atoms with Gasteiger partial charge in [0.15, 0.2) is 17.2 Å². The van der Waals surface area contributed by atoms with Crippen LogP contribution in [0.3, 0.4) is 0 Å². The number of nitrogens with zero attached hydrogens (tertiary/aromatic N) is 3. The van der Waals surface area contributed by atoms with Gasteiger partial charge in [-0.3, -0.25) is 19.4 Å². The number of carbonyl (C=O) groups is 2. The Bertz CT molecular complexity index is 999. The number of hydrazine groups is 1. The molecular weight excluding hydrogens is 382 g/mol. The zero-order valence-electron chi connectivity index (χ0n) is 18.0. The number of aromatic nitrogens is 1. The standard InChI is InChI=1S/C21H23N3O4.C2H6/c1-13-10-23-14(2)22-12-16(17(25)9-8-15-6-4-3-5-7-15)19(26)20(27)18(22)21(28)24(23)11-13;1-2/h3-7,12-14,27H,8-11H2,1-2H3;1-2H3. The molecule has 7 nitrogen and oxygen atoms in total. The molecule has 0 spiro atoms. The van der Waals surface area contributed by atoms with Crippen molar-refractivity contribution in [3.05, 3.63) is 63.6 Å². The van der Waals surface area contributed by atoms with Gasteiger partial charge in [-0.25, -0.2) is 0 Å². The van der Waals surface area contributed by atoms with Crippen molar-refractivity contribution in [3.63, 3.8) is 0 Å². The van der Waals surface area contributed by atoms with Crippen LogP contribution in [0.15, 0.2) is 41.3 Å². The van der Waals surface area contributed by atoms with Crippen LogP contribution in [-0.2, 0) is 6.42 Å². The normalized spacial score (nSPS) is 20.3. The quantitative estimate of drug-likeness (QED) is 0.781. The number of hydrogen-bond acceptors (Lipinski definition) is 5. The summed E-state index contributed by atoms with van der Waals surface area (Å²) in [6, 6.07) is 9.55. The number of benzene rings is 1. The van der Waals surface area contributed by atoms with E-state index >= 15 is 0 Å². The summed E-state index contributed by atoms with van der Waals surface area (Å²) in [6.07, 6.45) is 1.83. The van der Waals surface area contributed by atoms with Crippen LogP contribution in [0.1, 0.15) is 66.7 Å². The molecule has 30 heavy (non-hydrogen) atoms. The SMILES string of the molecule is CC.CC1CN2C(=O)c3c(O)c(=O)c(C(=O)CCc4ccccc4)cn3C(C)N2C1. The first-order chi connectivity index (χ1) is 14.4. The van der Waals surface area contributed by atoms with Crippen LogP contribution in [0.2, 0.25) is 0 Å². The molecule has 1 fully saturated rings. The topological polar surface area (TPSA) is 82.9 Å². The highest BCUT2D eigenvalue weighted by Crippen LogP contribution is 2.34. The van der Waals surface area contributed by atoms with Gasteiger partial charge in [-0.2, -0.15) is 5.01 Å². The third-order valence-electron chi connectivity index (χ3n) is 5.56. The largest absolute Gasteiger partial charge is 0.503 e. The number of fused-ring (bicyclic) bond motifs is 2. The summed E-state index contributed by atoms with van der Waals surface area (Å²) in [5.74, 6) is -1.08. The summed E-state index contributed by atoms with van der Waals surface area (Å²) in [4.78, 5) is 38.2. The molecule has 7 heteroatoms. The van der Waals surface area contributed by atoms with E-state index in [2.05, 4.69) is 0 Å². The molecule has 0 aliphatic carbocycles. The van der Waals surface area contributed by atoms with Crippen molar-refractivity contribution in [2.24, 2.45) is 5.92 Å². The summed E-state index contributed by atoms with van der Waals surface area (Å²) in [7, 11) is 0. The van der Waals surface area contributed by atoms with Gasteiger partial charge in [0.05, 0.1) is 5.56 Å². The third-order valence-corrected chi connectivity index (χ3v) is 5.56. The van der Waals surface area contributed by atoms with Gasteiger partial charge in [-0.1, -0.05) is 51.1 Å². The van der Waals surface area contributed by atoms with Gasteiger partial charge < -0.3 is 9.67 Å². The maximum absolute atomic E-state index is 12.8. The second kappa shape index (κ2) is 8.83. The molecule has 0 saturated carbocycles. The molecular formula is C23H29N3O4. The Hall–Kier alpha value is -2.93. The molecule has 1 aromatic carbocycles. The molecule has 0 radical (unpaired) electrons. The van der Waals surface area contributed by atoms with Crippen molar-refractivity contribution in [2.45, 2.75) is 46.7 Å². The summed E-state index contributed by atoms with van der Waals surface area (Å²) in [6.45, 7) is 9.19. The van der Waals surface area contributed by atoms with E-state index in [1.165, 1.54) is 6.20 Å². The zero-order valence-corrected chi connectivity index (χ0v) is 18.0. The highest BCUT2D eigenvalue weighted by Gasteiger charge is 2.43. The lowest BCUT2D eigenvalue weighted by molar-refractivity contribution is -0.0361. The number of aryl methyl sites for hydroxylation is 1. The number of ketones is 1. The summed E-state index contributed by atoms with van der Waals surface area (Å²) in [5.41, 5.74) is 0.119. The number of hydrogen-bond donors (Lipinski definition) is 1. The van der Waals surface area contributed by atoms with Crippen molar-refractivity contribution in [1.29, 1.82) is 0 Å². The molecule has 2 atom stereocenters. The minimum absolute atomic E-state index is 0.0394. The smallest absolute Gasteiger partial charge is 0.288 e. The number of rotatable bonds is 4. The van der Waals surface area contributed by atoms with Gasteiger partial charge in [-0.05, 0) is 24.8 Å². The summed E-state index contributed by atoms with van der Waals surface area (Å²) >= 11 is 0. The van der Waals surface area contributed by atoms with Crippen LogP contribution >= 0.6 is 0 Å². The summed E-state index contributed by atoms with van der Waals surface area (Å²) in [5, 5.41) is 14.0. The van der Waals surface area contributed by atoms with Gasteiger partial charge in [0.2, 0.25) is 5.43 Å². The Labute approximate surface area is 176 Å². The lowest BCUT2D eigenvalue weighted by Gasteiger charge is -2.40. The van der Waals surface area contributed by atoms with E-state index in [0.29, 0.717) is 25.4 Å². The van der Waals surface area contributed by atoms with Crippen molar-refractivity contribution in [1.82, 2.24) is 14.6 Å². The second-order valence-corrected chi connectivity index (χ2v) is 7.63. The van der Waals surface area contributed by atoms with E-state index in [4.69, 9.17) is 0 Å². The first kappa shape index (κ1) is 21.8. The van der Waals surface area contributed by atoms with Gasteiger partial charge in [0, 0.05) is 25.7 Å². The molecule has 1 aromatic heterocycles. The molecule has 1 N–H and O–H groups in total. The van der Waals surface area contributed by atoms with E-state index in [9.17, 15) is 19.5 Å². The average Bonchev–Trinajstić information content (AvgIpc) is 3.16. The fourth-order valence-corrected chi connectivity index (χ4v) is 4.06. The predicted octanol–water partition coefficient (Wildman–Crippen LogP) is 3.24. The van der Waals surface area contributed by atoms with Crippen LogP contribution < -0.4 is 5.43 Å². The van der Waals surface area contributed by atoms with Gasteiger partial charge in [0.25, 0.3) is 5.91 Å². The van der Waals surface area contributed by atoms with Crippen molar-refractivity contribution in [3.8, 4) is 5.75 Å². The Balaban J connectivity index is 0.00000124. The van der Waals surface area contributed by atoms with Gasteiger partial charge >= 0.3 is 0 Å². The maximum Gasteiger partial charge on any atom is 0.288 e. The van der Waals surface area contributed by atoms with Crippen molar-refractivity contribution in [2.75, 3.05) is 13.1 Å². The Morgan fingerprint density at radius 3 is 2.43 bits per heavy atom. The zero-order chi connectivity index (χ0) is 22.0. The Morgan fingerprint density at radius 1 is 1.10 bits per heavy atom. The molecule has 2 aromatic rings. The van der Waals surface area contributed by atoms with Gasteiger partial charge in [-0.15, -0.1) is 0 Å². The number of aromatic hydroxyl groups is 1. The average molecular weight is 412 g/mol. The fraction of sp³-hybridized carbons (Fsp3) is 0.435. The first-order valence-corrected chi connectivity index (χ1v) is 10.5. The predicted molar refractivity (Wildman–Crippen MR) is 114 cm³/mol. The number of pyridine rings is 1. The molecule has 2 unspecified atom stereocenters. The van der Waals surface area contributed by atoms with Crippen LogP contribution in [0.4, 0.5) is 0 Å². The fourth-order valence-electron chi connectivity index (χ4n) is 4.06. The van der Waals surface area contributed by atoms with E-state index in [-0.39, 0.29) is 29.6 Å². The maximum atomic E-state index is 12.8. The molecule has 4 rings (SSSR count). The van der Waals surface area contributed by atoms with Crippen LogP contribution in [0, 0.1) is 5.92 Å². The molecule has 1 amide bonds. The Kier molecular flexibility index (Phi) is 6.41. The van der Waals surface area contributed by atoms with Crippen LogP contribution in [0.5, 0.6) is 5.75 Å². The van der Waals surface area contributed by atoms with E-state index in [0.717, 1.165) is 5.56 Å². The van der Waals surface area contributed by atoms with E-state index < -0.39 is 17.1 Å². The molecule has 2 aliphatic rings. The molecule has 0 bridgehead atoms. The van der Waals surface area contributed by atoms with E-state index in [1.807, 2.05) is 63.0 Å². The molecule has 3 heterocycles. The number of amides is 1. The van der Waals surface area contributed by atoms with E-state index in [1.54, 1.807) is 9.58 Å². The van der Waals surface area contributed by atoms with Crippen LogP contribution in [0.25, 0.3) is 0 Å². The molecule has 160 valence electrons. The summed E-state index contributed by atoms with van der Waals surface area (Å²) < 4.78 is 1.56. The number of carbonyl (C=O) groups excluding carboxylic acids is 2. The second-order valence-electron chi connectivity index (χ2n) is 7.63. The minimum atomic E-state index is -0.773. The highest BCUT2D eigenvalue weighted by molar-refractivity contribution is 5.99. The lowest BCUT2D eigenvalue weighted by atomic mass is 10.0. The lowest BCUT2D eigenvalue weighted by Crippen LogP contribution is -2.50. The van der Waals surface area contributed by atoms with Crippen molar-refractivity contribution >= 4 is 11.7 Å². The molecule has 2 aliphatic heterocycles. The molecule has 1 saturated heterocycles. The third kappa shape index (κ3) is 3.77. The highest BCUT2D eigenvalue weighted by atomic mass is 16.3. The minimum Gasteiger partial charge on any atom is -0.503 e.